The second-order valence-electron chi connectivity index (χ2n) is 4.23. The highest BCUT2D eigenvalue weighted by atomic mass is 32.1. The summed E-state index contributed by atoms with van der Waals surface area (Å²) >= 11 is 1.71. The van der Waals surface area contributed by atoms with Crippen LogP contribution in [0.4, 0.5) is 0 Å². The van der Waals surface area contributed by atoms with Crippen LogP contribution in [0.1, 0.15) is 24.0 Å². The Hall–Kier alpha value is -0.450. The van der Waals surface area contributed by atoms with Crippen molar-refractivity contribution in [3.63, 3.8) is 0 Å². The van der Waals surface area contributed by atoms with E-state index in [2.05, 4.69) is 41.6 Å². The molecule has 0 amide bonds. The third-order valence-corrected chi connectivity index (χ3v) is 3.13. The molecule has 0 aromatic carbocycles. The first kappa shape index (κ1) is 12.6. The van der Waals surface area contributed by atoms with Crippen LogP contribution in [0.3, 0.4) is 0 Å². The van der Waals surface area contributed by atoms with Gasteiger partial charge in [-0.1, -0.05) is 0 Å². The Morgan fingerprint density at radius 3 is 2.80 bits per heavy atom. The molecule has 0 aliphatic rings. The smallest absolute Gasteiger partial charge is 0.0897 e. The van der Waals surface area contributed by atoms with Gasteiger partial charge in [-0.25, -0.2) is 4.98 Å². The van der Waals surface area contributed by atoms with E-state index in [1.54, 1.807) is 11.3 Å². The Morgan fingerprint density at radius 1 is 1.53 bits per heavy atom. The van der Waals surface area contributed by atoms with Crippen LogP contribution in [0.15, 0.2) is 5.38 Å². The fourth-order valence-corrected chi connectivity index (χ4v) is 1.93. The van der Waals surface area contributed by atoms with Crippen molar-refractivity contribution in [1.29, 1.82) is 0 Å². The maximum absolute atomic E-state index is 4.42. The van der Waals surface area contributed by atoms with Crippen LogP contribution in [0.25, 0.3) is 0 Å². The molecule has 15 heavy (non-hydrogen) atoms. The van der Waals surface area contributed by atoms with Crippen molar-refractivity contribution in [1.82, 2.24) is 15.2 Å². The summed E-state index contributed by atoms with van der Waals surface area (Å²) in [5.74, 6) is 0. The summed E-state index contributed by atoms with van der Waals surface area (Å²) in [6, 6.07) is 0.550. The molecule has 0 fully saturated rings. The van der Waals surface area contributed by atoms with E-state index in [1.165, 1.54) is 6.42 Å². The van der Waals surface area contributed by atoms with Gasteiger partial charge < -0.3 is 10.2 Å². The van der Waals surface area contributed by atoms with E-state index in [9.17, 15) is 0 Å². The van der Waals surface area contributed by atoms with Crippen molar-refractivity contribution in [3.8, 4) is 0 Å². The van der Waals surface area contributed by atoms with Gasteiger partial charge in [0, 0.05) is 18.0 Å². The summed E-state index contributed by atoms with van der Waals surface area (Å²) in [5.41, 5.74) is 1.16. The first-order valence-corrected chi connectivity index (χ1v) is 6.25. The topological polar surface area (TPSA) is 28.2 Å². The predicted molar refractivity (Wildman–Crippen MR) is 66.3 cm³/mol. The van der Waals surface area contributed by atoms with Crippen LogP contribution in [-0.2, 0) is 6.54 Å². The van der Waals surface area contributed by atoms with Crippen molar-refractivity contribution in [2.45, 2.75) is 32.9 Å². The number of aromatic nitrogens is 1. The molecule has 0 saturated carbocycles. The molecular weight excluding hydrogens is 206 g/mol. The fraction of sp³-hybridized carbons (Fsp3) is 0.727. The van der Waals surface area contributed by atoms with Crippen molar-refractivity contribution in [2.24, 2.45) is 0 Å². The number of nitrogens with one attached hydrogen (secondary N) is 1. The molecule has 0 aliphatic heterocycles. The Bertz CT molecular complexity index is 283. The largest absolute Gasteiger partial charge is 0.309 e. The van der Waals surface area contributed by atoms with E-state index in [-0.39, 0.29) is 0 Å². The third-order valence-electron chi connectivity index (χ3n) is 2.31. The van der Waals surface area contributed by atoms with E-state index in [1.807, 2.05) is 6.92 Å². The summed E-state index contributed by atoms with van der Waals surface area (Å²) in [7, 11) is 4.22. The Balaban J connectivity index is 2.19. The minimum atomic E-state index is 0.550. The zero-order valence-electron chi connectivity index (χ0n) is 10.1. The fourth-order valence-electron chi connectivity index (χ4n) is 1.32. The van der Waals surface area contributed by atoms with Gasteiger partial charge in [0.05, 0.1) is 10.7 Å². The number of thiazole rings is 1. The molecule has 1 N–H and O–H groups in total. The highest BCUT2D eigenvalue weighted by molar-refractivity contribution is 7.09. The maximum atomic E-state index is 4.42. The monoisotopic (exact) mass is 227 g/mol. The summed E-state index contributed by atoms with van der Waals surface area (Å²) in [5, 5.41) is 6.76. The average molecular weight is 227 g/mol. The zero-order valence-corrected chi connectivity index (χ0v) is 10.9. The predicted octanol–water partition coefficient (Wildman–Crippen LogP) is 1.88. The lowest BCUT2D eigenvalue weighted by Gasteiger charge is -2.15. The molecule has 0 aliphatic carbocycles. The van der Waals surface area contributed by atoms with Crippen LogP contribution in [-0.4, -0.2) is 36.6 Å². The standard InChI is InChI=1S/C11H21N3S/c1-9(5-6-14(3)4)12-7-11-8-15-10(2)13-11/h8-9,12H,5-7H2,1-4H3. The van der Waals surface area contributed by atoms with Gasteiger partial charge in [0.25, 0.3) is 0 Å². The highest BCUT2D eigenvalue weighted by Crippen LogP contribution is 2.07. The quantitative estimate of drug-likeness (QED) is 0.804. The lowest BCUT2D eigenvalue weighted by atomic mass is 10.2. The molecule has 1 atom stereocenters. The van der Waals surface area contributed by atoms with E-state index in [4.69, 9.17) is 0 Å². The molecule has 0 spiro atoms. The highest BCUT2D eigenvalue weighted by Gasteiger charge is 2.03. The molecule has 0 radical (unpaired) electrons. The van der Waals surface area contributed by atoms with Gasteiger partial charge in [0.1, 0.15) is 0 Å². The van der Waals surface area contributed by atoms with Crippen LogP contribution >= 0.6 is 11.3 Å². The molecule has 86 valence electrons. The Kier molecular flexibility index (Phi) is 5.22. The Morgan fingerprint density at radius 2 is 2.27 bits per heavy atom. The molecule has 4 heteroatoms. The minimum Gasteiger partial charge on any atom is -0.309 e. The van der Waals surface area contributed by atoms with Gasteiger partial charge in [-0.05, 0) is 40.9 Å². The molecule has 1 aromatic rings. The van der Waals surface area contributed by atoms with Gasteiger partial charge in [-0.2, -0.15) is 0 Å². The number of hydrogen-bond acceptors (Lipinski definition) is 4. The summed E-state index contributed by atoms with van der Waals surface area (Å²) in [6.07, 6.45) is 1.18. The molecule has 1 heterocycles. The lowest BCUT2D eigenvalue weighted by Crippen LogP contribution is -2.29. The third kappa shape index (κ3) is 5.25. The average Bonchev–Trinajstić information content (AvgIpc) is 2.58. The molecular formula is C11H21N3S. The minimum absolute atomic E-state index is 0.550. The maximum Gasteiger partial charge on any atom is 0.0897 e. The first-order valence-electron chi connectivity index (χ1n) is 5.37. The number of rotatable bonds is 6. The number of nitrogens with zero attached hydrogens (tertiary/aromatic N) is 2. The first-order chi connectivity index (χ1) is 7.08. The molecule has 0 bridgehead atoms. The van der Waals surface area contributed by atoms with Crippen molar-refractivity contribution in [3.05, 3.63) is 16.1 Å². The normalized spacial score (nSPS) is 13.4. The number of aryl methyl sites for hydroxylation is 1. The van der Waals surface area contributed by atoms with Gasteiger partial charge in [0.2, 0.25) is 0 Å². The summed E-state index contributed by atoms with van der Waals surface area (Å²) in [4.78, 5) is 6.64. The van der Waals surface area contributed by atoms with Crippen LogP contribution in [0.5, 0.6) is 0 Å². The zero-order chi connectivity index (χ0) is 11.3. The molecule has 1 rings (SSSR count). The van der Waals surface area contributed by atoms with E-state index < -0.39 is 0 Å². The van der Waals surface area contributed by atoms with Crippen LogP contribution in [0, 0.1) is 6.92 Å². The molecule has 3 nitrogen and oxygen atoms in total. The van der Waals surface area contributed by atoms with Crippen molar-refractivity contribution in [2.75, 3.05) is 20.6 Å². The SMILES string of the molecule is Cc1nc(CNC(C)CCN(C)C)cs1. The van der Waals surface area contributed by atoms with Gasteiger partial charge in [-0.3, -0.25) is 0 Å². The van der Waals surface area contributed by atoms with Gasteiger partial charge in [0.15, 0.2) is 0 Å². The second kappa shape index (κ2) is 6.20. The van der Waals surface area contributed by atoms with Crippen molar-refractivity contribution >= 4 is 11.3 Å². The van der Waals surface area contributed by atoms with E-state index in [0.717, 1.165) is 23.8 Å². The molecule has 0 saturated heterocycles. The van der Waals surface area contributed by atoms with Crippen LogP contribution in [0.2, 0.25) is 0 Å². The van der Waals surface area contributed by atoms with E-state index >= 15 is 0 Å². The van der Waals surface area contributed by atoms with Crippen LogP contribution < -0.4 is 5.32 Å². The number of hydrogen-bond donors (Lipinski definition) is 1. The van der Waals surface area contributed by atoms with Crippen molar-refractivity contribution < 1.29 is 0 Å². The van der Waals surface area contributed by atoms with E-state index in [0.29, 0.717) is 6.04 Å². The Labute approximate surface area is 96.5 Å². The summed E-state index contributed by atoms with van der Waals surface area (Å²) in [6.45, 7) is 6.29. The van der Waals surface area contributed by atoms with Gasteiger partial charge >= 0.3 is 0 Å². The lowest BCUT2D eigenvalue weighted by molar-refractivity contribution is 0.365. The molecule has 1 unspecified atom stereocenters. The summed E-state index contributed by atoms with van der Waals surface area (Å²) < 4.78 is 0. The molecule has 1 aromatic heterocycles. The second-order valence-corrected chi connectivity index (χ2v) is 5.29. The van der Waals surface area contributed by atoms with Gasteiger partial charge in [-0.15, -0.1) is 11.3 Å².